The fraction of sp³-hybridized carbons (Fsp3) is 0.227. The van der Waals surface area contributed by atoms with Gasteiger partial charge in [0.15, 0.2) is 6.61 Å². The van der Waals surface area contributed by atoms with Crippen molar-refractivity contribution in [2.45, 2.75) is 25.8 Å². The van der Waals surface area contributed by atoms with Crippen LogP contribution in [-0.4, -0.2) is 24.5 Å². The zero-order valence-electron chi connectivity index (χ0n) is 15.9. The smallest absolute Gasteiger partial charge is 0.336 e. The summed E-state index contributed by atoms with van der Waals surface area (Å²) in [5.41, 5.74) is 1.79. The van der Waals surface area contributed by atoms with Gasteiger partial charge in [-0.3, -0.25) is 9.59 Å². The quantitative estimate of drug-likeness (QED) is 0.629. The van der Waals surface area contributed by atoms with Crippen molar-refractivity contribution in [3.8, 4) is 5.75 Å². The minimum Gasteiger partial charge on any atom is -0.484 e. The van der Waals surface area contributed by atoms with E-state index >= 15 is 0 Å². The largest absolute Gasteiger partial charge is 0.484 e. The van der Waals surface area contributed by atoms with Crippen molar-refractivity contribution in [1.82, 2.24) is 5.32 Å². The standard InChI is InChI=1S/C22H20N2O5/c1-13-9-21(26)29-19-11-17(7-8-18(13)19)28-12-20(25)23-16-4-2-3-14(10-16)22(27)24-15-5-6-15/h2-4,7-11,15H,5-6,12H2,1H3,(H,23,25)(H,24,27). The molecule has 1 heterocycles. The van der Waals surface area contributed by atoms with Crippen LogP contribution in [0.15, 0.2) is 57.7 Å². The number of aryl methyl sites for hydroxylation is 1. The molecule has 0 aliphatic heterocycles. The first-order valence-corrected chi connectivity index (χ1v) is 9.36. The summed E-state index contributed by atoms with van der Waals surface area (Å²) >= 11 is 0. The predicted molar refractivity (Wildman–Crippen MR) is 108 cm³/mol. The summed E-state index contributed by atoms with van der Waals surface area (Å²) in [6.07, 6.45) is 2.02. The van der Waals surface area contributed by atoms with E-state index in [4.69, 9.17) is 9.15 Å². The van der Waals surface area contributed by atoms with Crippen molar-refractivity contribution in [2.75, 3.05) is 11.9 Å². The van der Waals surface area contributed by atoms with Gasteiger partial charge in [-0.25, -0.2) is 4.79 Å². The van der Waals surface area contributed by atoms with Crippen molar-refractivity contribution < 1.29 is 18.7 Å². The SMILES string of the molecule is Cc1cc(=O)oc2cc(OCC(=O)Nc3cccc(C(=O)NC4CC4)c3)ccc12. The van der Waals surface area contributed by atoms with Crippen LogP contribution in [0.25, 0.3) is 11.0 Å². The highest BCUT2D eigenvalue weighted by Crippen LogP contribution is 2.22. The zero-order chi connectivity index (χ0) is 20.4. The molecule has 2 aromatic carbocycles. The molecule has 0 spiro atoms. The van der Waals surface area contributed by atoms with Crippen LogP contribution in [0.2, 0.25) is 0 Å². The van der Waals surface area contributed by atoms with Crippen LogP contribution in [0.3, 0.4) is 0 Å². The van der Waals surface area contributed by atoms with Crippen LogP contribution in [0, 0.1) is 6.92 Å². The summed E-state index contributed by atoms with van der Waals surface area (Å²) in [4.78, 5) is 35.9. The number of anilines is 1. The molecule has 0 radical (unpaired) electrons. The first kappa shape index (κ1) is 18.7. The molecule has 3 aromatic rings. The van der Waals surface area contributed by atoms with Gasteiger partial charge < -0.3 is 19.8 Å². The minimum atomic E-state index is -0.435. The molecule has 1 aromatic heterocycles. The minimum absolute atomic E-state index is 0.146. The number of rotatable bonds is 6. The predicted octanol–water partition coefficient (Wildman–Crippen LogP) is 3.01. The van der Waals surface area contributed by atoms with Gasteiger partial charge in [0.05, 0.1) is 0 Å². The highest BCUT2D eigenvalue weighted by Gasteiger charge is 2.23. The van der Waals surface area contributed by atoms with Crippen LogP contribution in [0.1, 0.15) is 28.8 Å². The Morgan fingerprint density at radius 2 is 1.97 bits per heavy atom. The molecular formula is C22H20N2O5. The monoisotopic (exact) mass is 392 g/mol. The Balaban J connectivity index is 1.38. The van der Waals surface area contributed by atoms with Gasteiger partial charge in [0.1, 0.15) is 11.3 Å². The van der Waals surface area contributed by atoms with E-state index in [1.54, 1.807) is 42.5 Å². The molecule has 29 heavy (non-hydrogen) atoms. The molecule has 0 unspecified atom stereocenters. The molecule has 2 amide bonds. The Hall–Kier alpha value is -3.61. The lowest BCUT2D eigenvalue weighted by atomic mass is 10.1. The van der Waals surface area contributed by atoms with Crippen molar-refractivity contribution in [2.24, 2.45) is 0 Å². The number of amides is 2. The molecule has 0 saturated heterocycles. The van der Waals surface area contributed by atoms with Crippen LogP contribution < -0.4 is 21.0 Å². The van der Waals surface area contributed by atoms with E-state index in [9.17, 15) is 14.4 Å². The van der Waals surface area contributed by atoms with E-state index in [-0.39, 0.29) is 24.5 Å². The molecule has 1 fully saturated rings. The zero-order valence-corrected chi connectivity index (χ0v) is 15.9. The second-order valence-electron chi connectivity index (χ2n) is 7.07. The van der Waals surface area contributed by atoms with E-state index < -0.39 is 5.63 Å². The van der Waals surface area contributed by atoms with Crippen LogP contribution in [0.5, 0.6) is 5.75 Å². The lowest BCUT2D eigenvalue weighted by Gasteiger charge is -2.10. The highest BCUT2D eigenvalue weighted by atomic mass is 16.5. The Morgan fingerprint density at radius 1 is 1.14 bits per heavy atom. The van der Waals surface area contributed by atoms with Gasteiger partial charge in [0, 0.05) is 34.8 Å². The fourth-order valence-electron chi connectivity index (χ4n) is 2.98. The number of nitrogens with one attached hydrogen (secondary N) is 2. The number of carbonyl (C=O) groups is 2. The summed E-state index contributed by atoms with van der Waals surface area (Å²) in [5, 5.41) is 6.43. The molecule has 4 rings (SSSR count). The molecule has 1 aliphatic rings. The number of hydrogen-bond donors (Lipinski definition) is 2. The number of fused-ring (bicyclic) bond motifs is 1. The van der Waals surface area contributed by atoms with Gasteiger partial charge in [0.25, 0.3) is 11.8 Å². The topological polar surface area (TPSA) is 97.6 Å². The molecule has 2 N–H and O–H groups in total. The van der Waals surface area contributed by atoms with Gasteiger partial charge in [0.2, 0.25) is 0 Å². The summed E-state index contributed by atoms with van der Waals surface area (Å²) in [5.74, 6) is -0.0951. The first-order valence-electron chi connectivity index (χ1n) is 9.36. The van der Waals surface area contributed by atoms with Crippen LogP contribution >= 0.6 is 0 Å². The lowest BCUT2D eigenvalue weighted by molar-refractivity contribution is -0.118. The molecule has 0 bridgehead atoms. The van der Waals surface area contributed by atoms with E-state index in [0.717, 1.165) is 23.8 Å². The number of hydrogen-bond acceptors (Lipinski definition) is 5. The Kier molecular flexibility index (Phi) is 5.03. The maximum atomic E-state index is 12.2. The third kappa shape index (κ3) is 4.63. The first-order chi connectivity index (χ1) is 14.0. The molecule has 1 aliphatic carbocycles. The van der Waals surface area contributed by atoms with Crippen LogP contribution in [-0.2, 0) is 4.79 Å². The number of carbonyl (C=O) groups excluding carboxylic acids is 2. The Morgan fingerprint density at radius 3 is 2.76 bits per heavy atom. The highest BCUT2D eigenvalue weighted by molar-refractivity contribution is 5.97. The molecule has 1 saturated carbocycles. The number of benzene rings is 2. The van der Waals surface area contributed by atoms with Gasteiger partial charge >= 0.3 is 5.63 Å². The van der Waals surface area contributed by atoms with Crippen molar-refractivity contribution in [1.29, 1.82) is 0 Å². The van der Waals surface area contributed by atoms with Crippen LogP contribution in [0.4, 0.5) is 5.69 Å². The molecule has 7 heteroatoms. The van der Waals surface area contributed by atoms with Gasteiger partial charge in [-0.2, -0.15) is 0 Å². The summed E-state index contributed by atoms with van der Waals surface area (Å²) < 4.78 is 10.7. The summed E-state index contributed by atoms with van der Waals surface area (Å²) in [7, 11) is 0. The number of ether oxygens (including phenoxy) is 1. The third-order valence-electron chi connectivity index (χ3n) is 4.61. The fourth-order valence-corrected chi connectivity index (χ4v) is 2.98. The van der Waals surface area contributed by atoms with Gasteiger partial charge in [-0.15, -0.1) is 0 Å². The van der Waals surface area contributed by atoms with E-state index in [2.05, 4.69) is 10.6 Å². The van der Waals surface area contributed by atoms with E-state index in [0.29, 0.717) is 22.6 Å². The summed E-state index contributed by atoms with van der Waals surface area (Å²) in [6.45, 7) is 1.60. The van der Waals surface area contributed by atoms with Gasteiger partial charge in [-0.1, -0.05) is 6.07 Å². The van der Waals surface area contributed by atoms with Gasteiger partial charge in [-0.05, 0) is 55.7 Å². The van der Waals surface area contributed by atoms with Crippen molar-refractivity contribution in [3.63, 3.8) is 0 Å². The second kappa shape index (κ2) is 7.79. The molecular weight excluding hydrogens is 372 g/mol. The lowest BCUT2D eigenvalue weighted by Crippen LogP contribution is -2.25. The van der Waals surface area contributed by atoms with Crippen molar-refractivity contribution in [3.05, 3.63) is 70.1 Å². The second-order valence-corrected chi connectivity index (χ2v) is 7.07. The average molecular weight is 392 g/mol. The normalized spacial score (nSPS) is 13.1. The molecule has 148 valence electrons. The van der Waals surface area contributed by atoms with E-state index in [1.807, 2.05) is 6.92 Å². The van der Waals surface area contributed by atoms with E-state index in [1.165, 1.54) is 6.07 Å². The Bertz CT molecular complexity index is 1150. The maximum Gasteiger partial charge on any atom is 0.336 e. The van der Waals surface area contributed by atoms with Crippen molar-refractivity contribution >= 4 is 28.5 Å². The average Bonchev–Trinajstić information content (AvgIpc) is 3.50. The Labute approximate surface area is 166 Å². The third-order valence-corrected chi connectivity index (χ3v) is 4.61. The maximum absolute atomic E-state index is 12.2. The molecule has 7 nitrogen and oxygen atoms in total. The molecule has 0 atom stereocenters. The summed E-state index contributed by atoms with van der Waals surface area (Å²) in [6, 6.07) is 13.5.